The first-order valence-electron chi connectivity index (χ1n) is 7.58. The lowest BCUT2D eigenvalue weighted by Gasteiger charge is -2.07. The van der Waals surface area contributed by atoms with Crippen LogP contribution in [0.15, 0.2) is 45.8 Å². The highest BCUT2D eigenvalue weighted by Gasteiger charge is 2.16. The number of amides is 1. The van der Waals surface area contributed by atoms with Crippen LogP contribution in [0.25, 0.3) is 11.6 Å². The van der Waals surface area contributed by atoms with E-state index in [4.69, 9.17) is 16.0 Å². The molecule has 0 aliphatic heterocycles. The van der Waals surface area contributed by atoms with E-state index < -0.39 is 0 Å². The Morgan fingerprint density at radius 2 is 2.04 bits per heavy atom. The number of nitrogens with zero attached hydrogens (tertiary/aromatic N) is 4. The lowest BCUT2D eigenvalue weighted by Crippen LogP contribution is -2.14. The third kappa shape index (κ3) is 4.40. The normalized spacial score (nSPS) is 11.0. The molecule has 0 bridgehead atoms. The second-order valence-electron chi connectivity index (χ2n) is 5.46. The quantitative estimate of drug-likeness (QED) is 0.655. The minimum atomic E-state index is -0.229. The fraction of sp³-hybridized carbons (Fsp3) is 0.250. The molecule has 25 heavy (non-hydrogen) atoms. The molecule has 2 heterocycles. The van der Waals surface area contributed by atoms with Gasteiger partial charge in [-0.1, -0.05) is 16.7 Å². The van der Waals surface area contributed by atoms with Crippen LogP contribution in [0.2, 0.25) is 5.02 Å². The first kappa shape index (κ1) is 17.5. The van der Waals surface area contributed by atoms with E-state index in [0.717, 1.165) is 4.90 Å². The highest BCUT2D eigenvalue weighted by Crippen LogP contribution is 2.23. The molecule has 1 aromatic carbocycles. The third-order valence-corrected chi connectivity index (χ3v) is 4.50. The maximum absolute atomic E-state index is 12.0. The van der Waals surface area contributed by atoms with Gasteiger partial charge in [0.15, 0.2) is 0 Å². The minimum absolute atomic E-state index is 0.0632. The summed E-state index contributed by atoms with van der Waals surface area (Å²) in [5, 5.41) is 15.3. The zero-order valence-electron chi connectivity index (χ0n) is 13.6. The summed E-state index contributed by atoms with van der Waals surface area (Å²) >= 11 is 7.23. The van der Waals surface area contributed by atoms with Crippen molar-refractivity contribution in [3.63, 3.8) is 0 Å². The van der Waals surface area contributed by atoms with E-state index >= 15 is 0 Å². The number of anilines is 1. The highest BCUT2D eigenvalue weighted by atomic mass is 35.5. The van der Waals surface area contributed by atoms with Crippen molar-refractivity contribution < 1.29 is 9.21 Å². The summed E-state index contributed by atoms with van der Waals surface area (Å²) in [6.07, 6.45) is 1.67. The number of thioether (sulfide) groups is 1. The minimum Gasteiger partial charge on any atom is -0.401 e. The first-order chi connectivity index (χ1) is 12.0. The molecule has 0 unspecified atom stereocenters. The van der Waals surface area contributed by atoms with Gasteiger partial charge in [-0.3, -0.25) is 14.8 Å². The summed E-state index contributed by atoms with van der Waals surface area (Å²) in [5.41, 5.74) is 0.707. The molecule has 7 nitrogen and oxygen atoms in total. The van der Waals surface area contributed by atoms with Gasteiger partial charge in [0, 0.05) is 22.2 Å². The Morgan fingerprint density at radius 3 is 2.76 bits per heavy atom. The van der Waals surface area contributed by atoms with Gasteiger partial charge in [-0.15, -0.1) is 16.9 Å². The summed E-state index contributed by atoms with van der Waals surface area (Å²) in [7, 11) is 0. The highest BCUT2D eigenvalue weighted by molar-refractivity contribution is 8.00. The van der Waals surface area contributed by atoms with Crippen LogP contribution in [0.1, 0.15) is 19.9 Å². The fourth-order valence-electron chi connectivity index (χ4n) is 2.11. The second kappa shape index (κ2) is 7.71. The van der Waals surface area contributed by atoms with E-state index in [9.17, 15) is 4.79 Å². The molecule has 0 saturated carbocycles. The van der Waals surface area contributed by atoms with Crippen LogP contribution in [0, 0.1) is 0 Å². The van der Waals surface area contributed by atoms with Gasteiger partial charge < -0.3 is 4.42 Å². The van der Waals surface area contributed by atoms with Crippen molar-refractivity contribution in [3.8, 4) is 11.6 Å². The predicted octanol–water partition coefficient (Wildman–Crippen LogP) is 3.90. The van der Waals surface area contributed by atoms with E-state index in [1.807, 2.05) is 26.0 Å². The topological polar surface area (TPSA) is 85.8 Å². The number of carbonyl (C=O) groups is 1. The van der Waals surface area contributed by atoms with E-state index in [0.29, 0.717) is 16.6 Å². The number of halogens is 1. The SMILES string of the molecule is CC(C)n1nccc1-c1nnc(NC(=O)CSc2ccc(Cl)cc2)o1. The Labute approximate surface area is 153 Å². The lowest BCUT2D eigenvalue weighted by molar-refractivity contribution is -0.113. The zero-order valence-corrected chi connectivity index (χ0v) is 15.2. The molecule has 3 aromatic rings. The number of benzene rings is 1. The van der Waals surface area contributed by atoms with Crippen molar-refractivity contribution in [1.29, 1.82) is 0 Å². The van der Waals surface area contributed by atoms with E-state index in [-0.39, 0.29) is 23.7 Å². The Bertz CT molecular complexity index is 860. The van der Waals surface area contributed by atoms with Crippen LogP contribution in [0.4, 0.5) is 6.01 Å². The van der Waals surface area contributed by atoms with Gasteiger partial charge in [0.05, 0.1) is 5.75 Å². The van der Waals surface area contributed by atoms with Gasteiger partial charge in [-0.2, -0.15) is 5.10 Å². The van der Waals surface area contributed by atoms with Crippen LogP contribution < -0.4 is 5.32 Å². The molecule has 1 amide bonds. The average molecular weight is 378 g/mol. The molecule has 3 rings (SSSR count). The van der Waals surface area contributed by atoms with Crippen LogP contribution >= 0.6 is 23.4 Å². The molecule has 0 aliphatic rings. The molecule has 0 radical (unpaired) electrons. The van der Waals surface area contributed by atoms with Gasteiger partial charge in [-0.05, 0) is 44.2 Å². The molecule has 9 heteroatoms. The van der Waals surface area contributed by atoms with Crippen molar-refractivity contribution in [2.45, 2.75) is 24.8 Å². The van der Waals surface area contributed by atoms with Gasteiger partial charge in [-0.25, -0.2) is 0 Å². The molecule has 0 fully saturated rings. The number of carbonyl (C=O) groups excluding carboxylic acids is 1. The summed E-state index contributed by atoms with van der Waals surface area (Å²) in [4.78, 5) is 13.0. The fourth-order valence-corrected chi connectivity index (χ4v) is 2.93. The average Bonchev–Trinajstić information content (AvgIpc) is 3.23. The Morgan fingerprint density at radius 1 is 1.28 bits per heavy atom. The summed E-state index contributed by atoms with van der Waals surface area (Å²) in [6, 6.07) is 9.29. The zero-order chi connectivity index (χ0) is 17.8. The van der Waals surface area contributed by atoms with Crippen molar-refractivity contribution in [2.75, 3.05) is 11.1 Å². The van der Waals surface area contributed by atoms with E-state index in [1.54, 1.807) is 29.1 Å². The van der Waals surface area contributed by atoms with Crippen molar-refractivity contribution in [1.82, 2.24) is 20.0 Å². The van der Waals surface area contributed by atoms with Gasteiger partial charge >= 0.3 is 6.01 Å². The Balaban J connectivity index is 1.60. The molecule has 130 valence electrons. The maximum Gasteiger partial charge on any atom is 0.322 e. The first-order valence-corrected chi connectivity index (χ1v) is 8.95. The summed E-state index contributed by atoms with van der Waals surface area (Å²) < 4.78 is 7.29. The van der Waals surface area contributed by atoms with Gasteiger partial charge in [0.25, 0.3) is 5.89 Å². The standard InChI is InChI=1S/C16H16ClN5O2S/c1-10(2)22-13(7-8-18-22)15-20-21-16(24-15)19-14(23)9-25-12-5-3-11(17)4-6-12/h3-8,10H,9H2,1-2H3,(H,19,21,23). The molecular formula is C16H16ClN5O2S. The van der Waals surface area contributed by atoms with Gasteiger partial charge in [0.2, 0.25) is 5.91 Å². The van der Waals surface area contributed by atoms with Crippen LogP contribution in [0.3, 0.4) is 0 Å². The molecular weight excluding hydrogens is 362 g/mol. The number of hydrogen-bond donors (Lipinski definition) is 1. The number of nitrogens with one attached hydrogen (secondary N) is 1. The summed E-state index contributed by atoms with van der Waals surface area (Å²) in [5.74, 6) is 0.308. The molecule has 0 atom stereocenters. The van der Waals surface area contributed by atoms with Crippen molar-refractivity contribution >= 4 is 35.3 Å². The van der Waals surface area contributed by atoms with Crippen LogP contribution in [-0.2, 0) is 4.79 Å². The van der Waals surface area contributed by atoms with E-state index in [1.165, 1.54) is 11.8 Å². The molecule has 0 saturated heterocycles. The molecule has 0 aliphatic carbocycles. The van der Waals surface area contributed by atoms with Crippen LogP contribution in [0.5, 0.6) is 0 Å². The Hall–Kier alpha value is -2.32. The largest absolute Gasteiger partial charge is 0.401 e. The van der Waals surface area contributed by atoms with Crippen molar-refractivity contribution in [2.24, 2.45) is 0 Å². The number of rotatable bonds is 6. The smallest absolute Gasteiger partial charge is 0.322 e. The number of aromatic nitrogens is 4. The number of hydrogen-bond acceptors (Lipinski definition) is 6. The Kier molecular flexibility index (Phi) is 5.40. The lowest BCUT2D eigenvalue weighted by atomic mass is 10.3. The van der Waals surface area contributed by atoms with E-state index in [2.05, 4.69) is 20.6 Å². The third-order valence-electron chi connectivity index (χ3n) is 3.23. The predicted molar refractivity (Wildman–Crippen MR) is 96.7 cm³/mol. The monoisotopic (exact) mass is 377 g/mol. The molecule has 2 aromatic heterocycles. The molecule has 1 N–H and O–H groups in total. The van der Waals surface area contributed by atoms with Gasteiger partial charge in [0.1, 0.15) is 5.69 Å². The molecule has 0 spiro atoms. The summed E-state index contributed by atoms with van der Waals surface area (Å²) in [6.45, 7) is 4.01. The maximum atomic E-state index is 12.0. The second-order valence-corrected chi connectivity index (χ2v) is 6.94. The van der Waals surface area contributed by atoms with Crippen molar-refractivity contribution in [3.05, 3.63) is 41.6 Å². The van der Waals surface area contributed by atoms with Crippen LogP contribution in [-0.4, -0.2) is 31.6 Å².